The van der Waals surface area contributed by atoms with Gasteiger partial charge >= 0.3 is 0 Å². The third-order valence-electron chi connectivity index (χ3n) is 2.30. The number of aromatic nitrogens is 1. The molecule has 0 amide bonds. The van der Waals surface area contributed by atoms with E-state index in [9.17, 15) is 8.42 Å². The van der Waals surface area contributed by atoms with Crippen molar-refractivity contribution in [1.82, 2.24) is 14.6 Å². The normalized spacial score (nSPS) is 11.8. The summed E-state index contributed by atoms with van der Waals surface area (Å²) in [5.41, 5.74) is 2.67. The molecule has 0 saturated heterocycles. The molecule has 0 aliphatic carbocycles. The van der Waals surface area contributed by atoms with Crippen molar-refractivity contribution in [2.75, 3.05) is 32.6 Å². The molecule has 0 spiro atoms. The molecule has 18 heavy (non-hydrogen) atoms. The fourth-order valence-corrected chi connectivity index (χ4v) is 2.58. The van der Waals surface area contributed by atoms with Crippen LogP contribution in [0.4, 0.5) is 5.69 Å². The number of sulfonamides is 1. The van der Waals surface area contributed by atoms with Gasteiger partial charge in [-0.15, -0.1) is 0 Å². The highest BCUT2D eigenvalue weighted by Gasteiger charge is 2.17. The Bertz CT molecular complexity index is 475. The SMILES string of the molecule is CN(C)CCCNS(=O)(=O)c1cnccc1NN. The highest BCUT2D eigenvalue weighted by molar-refractivity contribution is 7.89. The Labute approximate surface area is 107 Å². The monoisotopic (exact) mass is 273 g/mol. The van der Waals surface area contributed by atoms with E-state index >= 15 is 0 Å². The predicted octanol–water partition coefficient (Wildman–Crippen LogP) is -0.403. The molecule has 8 heteroatoms. The Morgan fingerprint density at radius 3 is 2.78 bits per heavy atom. The fourth-order valence-electron chi connectivity index (χ4n) is 1.39. The van der Waals surface area contributed by atoms with Crippen LogP contribution < -0.4 is 16.0 Å². The highest BCUT2D eigenvalue weighted by atomic mass is 32.2. The van der Waals surface area contributed by atoms with Gasteiger partial charge in [-0.3, -0.25) is 10.8 Å². The first kappa shape index (κ1) is 14.8. The molecular weight excluding hydrogens is 254 g/mol. The number of hydrogen-bond acceptors (Lipinski definition) is 6. The zero-order chi connectivity index (χ0) is 13.6. The quantitative estimate of drug-likeness (QED) is 0.355. The van der Waals surface area contributed by atoms with Gasteiger partial charge in [0.25, 0.3) is 0 Å². The van der Waals surface area contributed by atoms with Gasteiger partial charge < -0.3 is 10.3 Å². The maximum absolute atomic E-state index is 12.0. The smallest absolute Gasteiger partial charge is 0.244 e. The molecule has 0 fully saturated rings. The molecule has 0 aliphatic rings. The Balaban J connectivity index is 2.68. The van der Waals surface area contributed by atoms with Crippen LogP contribution in [0.2, 0.25) is 0 Å². The molecule has 7 nitrogen and oxygen atoms in total. The summed E-state index contributed by atoms with van der Waals surface area (Å²) >= 11 is 0. The Morgan fingerprint density at radius 1 is 1.44 bits per heavy atom. The van der Waals surface area contributed by atoms with Crippen molar-refractivity contribution >= 4 is 15.7 Å². The van der Waals surface area contributed by atoms with Gasteiger partial charge in [0.1, 0.15) is 4.90 Å². The second-order valence-corrected chi connectivity index (χ2v) is 5.81. The molecule has 102 valence electrons. The van der Waals surface area contributed by atoms with Crippen molar-refractivity contribution in [3.8, 4) is 0 Å². The maximum Gasteiger partial charge on any atom is 0.244 e. The van der Waals surface area contributed by atoms with E-state index < -0.39 is 10.0 Å². The number of rotatable bonds is 7. The molecule has 1 heterocycles. The summed E-state index contributed by atoms with van der Waals surface area (Å²) in [5.74, 6) is 5.27. The molecule has 0 unspecified atom stereocenters. The molecule has 1 rings (SSSR count). The second kappa shape index (κ2) is 6.64. The average molecular weight is 273 g/mol. The molecule has 0 aliphatic heterocycles. The largest absolute Gasteiger partial charge is 0.323 e. The Morgan fingerprint density at radius 2 is 2.17 bits per heavy atom. The topological polar surface area (TPSA) is 100 Å². The molecule has 0 atom stereocenters. The molecule has 1 aromatic rings. The number of anilines is 1. The van der Waals surface area contributed by atoms with Gasteiger partial charge in [0.15, 0.2) is 0 Å². The van der Waals surface area contributed by atoms with Crippen LogP contribution in [-0.4, -0.2) is 45.5 Å². The molecule has 1 aromatic heterocycles. The Hall–Kier alpha value is -1.22. The summed E-state index contributed by atoms with van der Waals surface area (Å²) in [6.07, 6.45) is 3.47. The third kappa shape index (κ3) is 4.22. The fraction of sp³-hybridized carbons (Fsp3) is 0.500. The first-order valence-electron chi connectivity index (χ1n) is 5.52. The van der Waals surface area contributed by atoms with Crippen molar-refractivity contribution in [1.29, 1.82) is 0 Å². The van der Waals surface area contributed by atoms with Crippen molar-refractivity contribution in [2.45, 2.75) is 11.3 Å². The van der Waals surface area contributed by atoms with Gasteiger partial charge in [0.2, 0.25) is 10.0 Å². The van der Waals surface area contributed by atoms with Gasteiger partial charge in [-0.1, -0.05) is 0 Å². The lowest BCUT2D eigenvalue weighted by Gasteiger charge is -2.12. The number of nitrogens with zero attached hydrogens (tertiary/aromatic N) is 2. The summed E-state index contributed by atoms with van der Waals surface area (Å²) < 4.78 is 26.5. The molecule has 0 radical (unpaired) electrons. The zero-order valence-electron chi connectivity index (χ0n) is 10.5. The number of pyridine rings is 1. The lowest BCUT2D eigenvalue weighted by atomic mass is 10.4. The van der Waals surface area contributed by atoms with Crippen LogP contribution in [0, 0.1) is 0 Å². The molecular formula is C10H19N5O2S. The van der Waals surface area contributed by atoms with Crippen LogP contribution in [0.3, 0.4) is 0 Å². The van der Waals surface area contributed by atoms with Gasteiger partial charge in [0, 0.05) is 18.9 Å². The van der Waals surface area contributed by atoms with Gasteiger partial charge in [-0.05, 0) is 33.1 Å². The van der Waals surface area contributed by atoms with Crippen molar-refractivity contribution in [2.24, 2.45) is 5.84 Å². The van der Waals surface area contributed by atoms with E-state index in [0.717, 1.165) is 13.0 Å². The number of hydrogen-bond donors (Lipinski definition) is 3. The summed E-state index contributed by atoms with van der Waals surface area (Å²) in [6.45, 7) is 1.19. The van der Waals surface area contributed by atoms with Crippen LogP contribution in [-0.2, 0) is 10.0 Å². The number of nitrogen functional groups attached to an aromatic ring is 1. The van der Waals surface area contributed by atoms with Gasteiger partial charge in [-0.2, -0.15) is 0 Å². The predicted molar refractivity (Wildman–Crippen MR) is 70.4 cm³/mol. The Kier molecular flexibility index (Phi) is 5.48. The van der Waals surface area contributed by atoms with E-state index in [-0.39, 0.29) is 4.90 Å². The van der Waals surface area contributed by atoms with E-state index in [1.54, 1.807) is 0 Å². The first-order valence-corrected chi connectivity index (χ1v) is 7.00. The van der Waals surface area contributed by atoms with Crippen LogP contribution in [0.15, 0.2) is 23.4 Å². The van der Waals surface area contributed by atoms with E-state index in [1.807, 2.05) is 19.0 Å². The molecule has 0 bridgehead atoms. The van der Waals surface area contributed by atoms with Gasteiger partial charge in [-0.25, -0.2) is 13.1 Å². The van der Waals surface area contributed by atoms with Gasteiger partial charge in [0.05, 0.1) is 5.69 Å². The summed E-state index contributed by atoms with van der Waals surface area (Å²) in [4.78, 5) is 5.84. The van der Waals surface area contributed by atoms with Crippen molar-refractivity contribution in [3.63, 3.8) is 0 Å². The minimum atomic E-state index is -3.57. The maximum atomic E-state index is 12.0. The standard InChI is InChI=1S/C10H19N5O2S/c1-15(2)7-3-5-13-18(16,17)10-8-12-6-4-9(10)14-11/h4,6,8,13H,3,5,7,11H2,1-2H3,(H,12,14). The van der Waals surface area contributed by atoms with Crippen LogP contribution >= 0.6 is 0 Å². The molecule has 4 N–H and O–H groups in total. The lowest BCUT2D eigenvalue weighted by molar-refractivity contribution is 0.400. The van der Waals surface area contributed by atoms with E-state index in [2.05, 4.69) is 15.1 Å². The highest BCUT2D eigenvalue weighted by Crippen LogP contribution is 2.17. The van der Waals surface area contributed by atoms with E-state index in [1.165, 1.54) is 18.5 Å². The summed E-state index contributed by atoms with van der Waals surface area (Å²) in [5, 5.41) is 0. The van der Waals surface area contributed by atoms with Crippen molar-refractivity contribution < 1.29 is 8.42 Å². The summed E-state index contributed by atoms with van der Waals surface area (Å²) in [7, 11) is 0.299. The average Bonchev–Trinajstić information content (AvgIpc) is 2.34. The van der Waals surface area contributed by atoms with Crippen molar-refractivity contribution in [3.05, 3.63) is 18.5 Å². The van der Waals surface area contributed by atoms with Crippen LogP contribution in [0.1, 0.15) is 6.42 Å². The van der Waals surface area contributed by atoms with Crippen LogP contribution in [0.25, 0.3) is 0 Å². The minimum Gasteiger partial charge on any atom is -0.323 e. The summed E-state index contributed by atoms with van der Waals surface area (Å²) in [6, 6.07) is 1.51. The van der Waals surface area contributed by atoms with E-state index in [4.69, 9.17) is 5.84 Å². The van der Waals surface area contributed by atoms with Crippen LogP contribution in [0.5, 0.6) is 0 Å². The molecule has 0 aromatic carbocycles. The molecule has 0 saturated carbocycles. The number of hydrazine groups is 1. The van der Waals surface area contributed by atoms with E-state index in [0.29, 0.717) is 12.2 Å². The first-order chi connectivity index (χ1) is 8.47. The number of nitrogens with two attached hydrogens (primary N) is 1. The minimum absolute atomic E-state index is 0.0531. The number of nitrogens with one attached hydrogen (secondary N) is 2. The lowest BCUT2D eigenvalue weighted by Crippen LogP contribution is -2.28. The third-order valence-corrected chi connectivity index (χ3v) is 3.79. The zero-order valence-corrected chi connectivity index (χ0v) is 11.4. The second-order valence-electron chi connectivity index (χ2n) is 4.07.